The Labute approximate surface area is 178 Å². The Hall–Kier alpha value is -2.39. The first-order chi connectivity index (χ1) is 14.7. The van der Waals surface area contributed by atoms with E-state index in [0.29, 0.717) is 18.8 Å². The fourth-order valence-electron chi connectivity index (χ4n) is 3.39. The molecule has 1 atom stereocenters. The van der Waals surface area contributed by atoms with E-state index in [1.807, 2.05) is 24.3 Å². The molecule has 1 unspecified atom stereocenters. The van der Waals surface area contributed by atoms with E-state index < -0.39 is 12.1 Å². The lowest BCUT2D eigenvalue weighted by Crippen LogP contribution is -2.59. The molecule has 8 nitrogen and oxygen atoms in total. The van der Waals surface area contributed by atoms with Gasteiger partial charge in [-0.1, -0.05) is 0 Å². The third kappa shape index (κ3) is 7.66. The number of rotatable bonds is 4. The highest BCUT2D eigenvalue weighted by Crippen LogP contribution is 2.26. The van der Waals surface area contributed by atoms with E-state index in [0.717, 1.165) is 51.6 Å². The van der Waals surface area contributed by atoms with Gasteiger partial charge in [0, 0.05) is 39.0 Å². The second kappa shape index (κ2) is 11.3. The Kier molecular flexibility index (Phi) is 9.06. The highest BCUT2D eigenvalue weighted by molar-refractivity contribution is 5.73. The van der Waals surface area contributed by atoms with Gasteiger partial charge in [-0.15, -0.1) is 0 Å². The molecule has 0 radical (unpaired) electrons. The Bertz CT molecular complexity index is 754. The van der Waals surface area contributed by atoms with Crippen molar-refractivity contribution in [2.45, 2.75) is 11.8 Å². The van der Waals surface area contributed by atoms with Crippen LogP contribution >= 0.6 is 0 Å². The van der Waals surface area contributed by atoms with Crippen LogP contribution < -0.4 is 4.90 Å². The first-order valence-electron chi connectivity index (χ1n) is 9.67. The quantitative estimate of drug-likeness (QED) is 0.749. The van der Waals surface area contributed by atoms with Crippen LogP contribution in [0, 0.1) is 11.3 Å². The molecule has 1 aromatic carbocycles. The molecule has 172 valence electrons. The van der Waals surface area contributed by atoms with Crippen molar-refractivity contribution in [1.29, 1.82) is 5.26 Å². The number of anilines is 1. The second-order valence-corrected chi connectivity index (χ2v) is 7.24. The average molecular weight is 445 g/mol. The predicted octanol–water partition coefficient (Wildman–Crippen LogP) is 1.75. The molecule has 2 heterocycles. The zero-order chi connectivity index (χ0) is 22.9. The van der Waals surface area contributed by atoms with E-state index in [-0.39, 0.29) is 5.60 Å². The predicted molar refractivity (Wildman–Crippen MR) is 105 cm³/mol. The maximum Gasteiger partial charge on any atom is 0.490 e. The number of methoxy groups -OCH3 is 1. The number of carboxylic acid groups (broad SMARTS) is 1. The minimum atomic E-state index is -5.08. The number of morpholine rings is 1. The van der Waals surface area contributed by atoms with Crippen LogP contribution in [-0.2, 0) is 19.0 Å². The normalized spacial score (nSPS) is 22.2. The molecule has 11 heteroatoms. The Morgan fingerprint density at radius 2 is 1.94 bits per heavy atom. The molecule has 2 aliphatic heterocycles. The van der Waals surface area contributed by atoms with Gasteiger partial charge in [-0.2, -0.15) is 18.4 Å². The highest BCUT2D eigenvalue weighted by Gasteiger charge is 2.40. The van der Waals surface area contributed by atoms with Crippen molar-refractivity contribution in [3.05, 3.63) is 29.8 Å². The van der Waals surface area contributed by atoms with Gasteiger partial charge in [0.15, 0.2) is 0 Å². The summed E-state index contributed by atoms with van der Waals surface area (Å²) in [6.07, 6.45) is -5.08. The first-order valence-corrected chi connectivity index (χ1v) is 9.67. The second-order valence-electron chi connectivity index (χ2n) is 7.24. The molecule has 31 heavy (non-hydrogen) atoms. The van der Waals surface area contributed by atoms with Crippen molar-refractivity contribution in [3.8, 4) is 6.07 Å². The number of benzene rings is 1. The van der Waals surface area contributed by atoms with Gasteiger partial charge in [0.2, 0.25) is 0 Å². The van der Waals surface area contributed by atoms with Crippen molar-refractivity contribution < 1.29 is 37.3 Å². The van der Waals surface area contributed by atoms with Crippen LogP contribution in [-0.4, -0.2) is 94.0 Å². The summed E-state index contributed by atoms with van der Waals surface area (Å²) in [7, 11) is 1.73. The van der Waals surface area contributed by atoms with Crippen molar-refractivity contribution in [2.75, 3.05) is 71.2 Å². The molecule has 2 fully saturated rings. The van der Waals surface area contributed by atoms with Gasteiger partial charge in [-0.25, -0.2) is 4.79 Å². The summed E-state index contributed by atoms with van der Waals surface area (Å²) in [6.45, 7) is 7.04. The van der Waals surface area contributed by atoms with Crippen LogP contribution in [0.2, 0.25) is 0 Å². The summed E-state index contributed by atoms with van der Waals surface area (Å²) in [5.41, 5.74) is 1.51. The first kappa shape index (κ1) is 24.9. The third-order valence-corrected chi connectivity index (χ3v) is 4.89. The molecule has 1 spiro atoms. The summed E-state index contributed by atoms with van der Waals surface area (Å²) in [5, 5.41) is 16.1. The number of hydrogen-bond donors (Lipinski definition) is 1. The van der Waals surface area contributed by atoms with E-state index in [1.54, 1.807) is 7.11 Å². The summed E-state index contributed by atoms with van der Waals surface area (Å²) in [6, 6.07) is 9.92. The van der Waals surface area contributed by atoms with Crippen LogP contribution in [0.15, 0.2) is 24.3 Å². The van der Waals surface area contributed by atoms with Gasteiger partial charge >= 0.3 is 12.1 Å². The molecule has 1 aromatic rings. The maximum absolute atomic E-state index is 10.6. The molecule has 0 bridgehead atoms. The van der Waals surface area contributed by atoms with E-state index in [4.69, 9.17) is 29.4 Å². The van der Waals surface area contributed by atoms with Gasteiger partial charge in [0.05, 0.1) is 44.6 Å². The van der Waals surface area contributed by atoms with Gasteiger partial charge in [-0.05, 0) is 24.3 Å². The van der Waals surface area contributed by atoms with Crippen molar-refractivity contribution >= 4 is 11.7 Å². The zero-order valence-electron chi connectivity index (χ0n) is 17.2. The van der Waals surface area contributed by atoms with E-state index in [1.165, 1.54) is 0 Å². The maximum atomic E-state index is 10.6. The number of carboxylic acids is 1. The summed E-state index contributed by atoms with van der Waals surface area (Å²) in [5.74, 6) is -2.76. The number of hydrogen-bond acceptors (Lipinski definition) is 7. The van der Waals surface area contributed by atoms with Gasteiger partial charge < -0.3 is 24.2 Å². The number of ether oxygens (including phenoxy) is 3. The molecular weight excluding hydrogens is 419 g/mol. The molecule has 1 N–H and O–H groups in total. The SMILES string of the molecule is COCCN1CCOCC2(C1)CN(c1ccc(C#N)cc1)CCO2.O=C(O)C(F)(F)F. The number of aliphatic carboxylic acids is 1. The molecule has 3 rings (SSSR count). The lowest BCUT2D eigenvalue weighted by atomic mass is 10.0. The molecule has 0 aliphatic carbocycles. The molecule has 2 saturated heterocycles. The zero-order valence-corrected chi connectivity index (χ0v) is 17.2. The van der Waals surface area contributed by atoms with Crippen LogP contribution in [0.5, 0.6) is 0 Å². The van der Waals surface area contributed by atoms with Crippen molar-refractivity contribution in [2.24, 2.45) is 0 Å². The van der Waals surface area contributed by atoms with Gasteiger partial charge in [0.1, 0.15) is 5.60 Å². The third-order valence-electron chi connectivity index (χ3n) is 4.89. The Morgan fingerprint density at radius 1 is 1.26 bits per heavy atom. The van der Waals surface area contributed by atoms with Crippen molar-refractivity contribution in [3.63, 3.8) is 0 Å². The van der Waals surface area contributed by atoms with Gasteiger partial charge in [0.25, 0.3) is 0 Å². The van der Waals surface area contributed by atoms with Crippen LogP contribution in [0.4, 0.5) is 18.9 Å². The van der Waals surface area contributed by atoms with E-state index >= 15 is 0 Å². The molecule has 0 amide bonds. The summed E-state index contributed by atoms with van der Waals surface area (Å²) < 4.78 is 49.0. The van der Waals surface area contributed by atoms with Gasteiger partial charge in [-0.3, -0.25) is 4.90 Å². The monoisotopic (exact) mass is 445 g/mol. The smallest absolute Gasteiger partial charge is 0.475 e. The number of alkyl halides is 3. The largest absolute Gasteiger partial charge is 0.490 e. The van der Waals surface area contributed by atoms with E-state index in [2.05, 4.69) is 15.9 Å². The molecule has 2 aliphatic rings. The topological polar surface area (TPSA) is 95.3 Å². The minimum absolute atomic E-state index is 0.309. The fraction of sp³-hybridized carbons (Fsp3) is 0.600. The number of nitriles is 1. The van der Waals surface area contributed by atoms with Crippen LogP contribution in [0.3, 0.4) is 0 Å². The lowest BCUT2D eigenvalue weighted by molar-refractivity contribution is -0.192. The Morgan fingerprint density at radius 3 is 2.52 bits per heavy atom. The lowest BCUT2D eigenvalue weighted by Gasteiger charge is -2.44. The summed E-state index contributed by atoms with van der Waals surface area (Å²) in [4.78, 5) is 13.6. The minimum Gasteiger partial charge on any atom is -0.475 e. The van der Waals surface area contributed by atoms with E-state index in [9.17, 15) is 13.2 Å². The standard InChI is InChI=1S/C18H25N3O3.C2HF3O2/c1-22-9-6-20-7-10-23-15-18(13-20)14-21(8-11-24-18)17-4-2-16(12-19)3-5-17;3-2(4,5)1(6)7/h2-5H,6-11,13-15H2,1H3;(H,6,7). The fourth-order valence-corrected chi connectivity index (χ4v) is 3.39. The molecule has 0 saturated carbocycles. The average Bonchev–Trinajstić information content (AvgIpc) is 2.94. The number of carbonyl (C=O) groups is 1. The molecular formula is C20H26F3N3O5. The highest BCUT2D eigenvalue weighted by atomic mass is 19.4. The number of halogens is 3. The summed E-state index contributed by atoms with van der Waals surface area (Å²) >= 11 is 0. The Balaban J connectivity index is 0.000000423. The van der Waals surface area contributed by atoms with Crippen LogP contribution in [0.25, 0.3) is 0 Å². The van der Waals surface area contributed by atoms with Crippen LogP contribution in [0.1, 0.15) is 5.56 Å². The number of nitrogens with zero attached hydrogens (tertiary/aromatic N) is 3. The van der Waals surface area contributed by atoms with Crippen molar-refractivity contribution in [1.82, 2.24) is 4.90 Å². The molecule has 0 aromatic heterocycles.